The van der Waals surface area contributed by atoms with Crippen molar-refractivity contribution in [3.8, 4) is 50.6 Å². The van der Waals surface area contributed by atoms with E-state index in [9.17, 15) is 0 Å². The average molecular weight is 653 g/mol. The minimum Gasteiger partial charge on any atom is -0.453 e. The summed E-state index contributed by atoms with van der Waals surface area (Å²) in [4.78, 5) is 2.32. The van der Waals surface area contributed by atoms with Crippen LogP contribution in [0.15, 0.2) is 194 Å². The molecule has 0 bridgehead atoms. The van der Waals surface area contributed by atoms with Crippen LogP contribution >= 0.6 is 0 Å². The lowest BCUT2D eigenvalue weighted by Crippen LogP contribution is -2.09. The molecule has 0 amide bonds. The summed E-state index contributed by atoms with van der Waals surface area (Å²) >= 11 is 0. The second kappa shape index (κ2) is 11.9. The van der Waals surface area contributed by atoms with Crippen molar-refractivity contribution in [3.63, 3.8) is 0 Å². The van der Waals surface area contributed by atoms with E-state index in [1.54, 1.807) is 0 Å². The predicted molar refractivity (Wildman–Crippen MR) is 212 cm³/mol. The van der Waals surface area contributed by atoms with E-state index in [4.69, 9.17) is 4.74 Å². The number of aromatic nitrogens is 1. The molecule has 0 N–H and O–H groups in total. The Morgan fingerprint density at radius 1 is 0.373 bits per heavy atom. The van der Waals surface area contributed by atoms with Gasteiger partial charge >= 0.3 is 0 Å². The van der Waals surface area contributed by atoms with Gasteiger partial charge in [0.2, 0.25) is 0 Å². The molecule has 0 radical (unpaired) electrons. The molecular formula is C48H32N2O. The molecule has 0 aliphatic carbocycles. The standard InChI is InChI=1S/C48H32N2O/c1-3-13-33(14-4-1)39-17-7-8-18-40(39)34-23-27-37(28-24-34)49(36-15-5-2-6-16-36)38-29-25-35(26-30-38)41-31-32-46-48-47(41)42-19-9-10-20-43(42)50(48)44-21-11-12-22-45(44)51-46/h1-32H. The molecule has 0 atom stereocenters. The molecule has 0 saturated heterocycles. The van der Waals surface area contributed by atoms with Crippen molar-refractivity contribution in [1.82, 2.24) is 4.57 Å². The lowest BCUT2D eigenvalue weighted by Gasteiger charge is -2.26. The maximum absolute atomic E-state index is 6.46. The quantitative estimate of drug-likeness (QED) is 0.178. The number of anilines is 3. The molecule has 240 valence electrons. The Labute approximate surface area is 296 Å². The van der Waals surface area contributed by atoms with Crippen LogP contribution in [0.2, 0.25) is 0 Å². The molecule has 1 aliphatic rings. The summed E-state index contributed by atoms with van der Waals surface area (Å²) in [6.45, 7) is 0. The SMILES string of the molecule is c1ccc(-c2ccccc2-c2ccc(N(c3ccccc3)c3ccc(-c4ccc5c6c4c4ccccc4n6-c4ccccc4O5)cc3)cc2)cc1. The lowest BCUT2D eigenvalue weighted by atomic mass is 9.94. The number of fused-ring (bicyclic) bond motifs is 5. The van der Waals surface area contributed by atoms with Gasteiger partial charge in [0.15, 0.2) is 11.5 Å². The van der Waals surface area contributed by atoms with Gasteiger partial charge < -0.3 is 14.2 Å². The zero-order valence-electron chi connectivity index (χ0n) is 27.8. The average Bonchev–Trinajstić information content (AvgIpc) is 3.56. The Kier molecular flexibility index (Phi) is 6.81. The molecule has 9 aromatic rings. The van der Waals surface area contributed by atoms with Crippen molar-refractivity contribution < 1.29 is 4.74 Å². The lowest BCUT2D eigenvalue weighted by molar-refractivity contribution is 0.476. The van der Waals surface area contributed by atoms with Gasteiger partial charge in [0.1, 0.15) is 0 Å². The number of hydrogen-bond acceptors (Lipinski definition) is 2. The van der Waals surface area contributed by atoms with Crippen LogP contribution in [0.4, 0.5) is 17.1 Å². The maximum atomic E-state index is 6.46. The van der Waals surface area contributed by atoms with E-state index in [0.717, 1.165) is 45.3 Å². The largest absolute Gasteiger partial charge is 0.453 e. The fourth-order valence-corrected chi connectivity index (χ4v) is 7.70. The topological polar surface area (TPSA) is 17.4 Å². The number of benzene rings is 8. The van der Waals surface area contributed by atoms with Crippen LogP contribution in [0, 0.1) is 0 Å². The van der Waals surface area contributed by atoms with E-state index < -0.39 is 0 Å². The maximum Gasteiger partial charge on any atom is 0.152 e. The first-order chi connectivity index (χ1) is 25.3. The fraction of sp³-hybridized carbons (Fsp3) is 0. The molecule has 10 rings (SSSR count). The highest BCUT2D eigenvalue weighted by Gasteiger charge is 2.25. The Morgan fingerprint density at radius 3 is 1.61 bits per heavy atom. The van der Waals surface area contributed by atoms with Gasteiger partial charge in [0, 0.05) is 27.8 Å². The molecule has 1 aliphatic heterocycles. The molecule has 0 saturated carbocycles. The van der Waals surface area contributed by atoms with Gasteiger partial charge in [-0.15, -0.1) is 0 Å². The van der Waals surface area contributed by atoms with Gasteiger partial charge in [-0.3, -0.25) is 0 Å². The number of hydrogen-bond donors (Lipinski definition) is 0. The first-order valence-corrected chi connectivity index (χ1v) is 17.4. The monoisotopic (exact) mass is 652 g/mol. The highest BCUT2D eigenvalue weighted by Crippen LogP contribution is 2.48. The Morgan fingerprint density at radius 2 is 0.902 bits per heavy atom. The zero-order valence-corrected chi connectivity index (χ0v) is 27.8. The van der Waals surface area contributed by atoms with Crippen molar-refractivity contribution in [1.29, 1.82) is 0 Å². The van der Waals surface area contributed by atoms with Gasteiger partial charge in [-0.1, -0.05) is 127 Å². The van der Waals surface area contributed by atoms with Crippen molar-refractivity contribution >= 4 is 38.9 Å². The van der Waals surface area contributed by atoms with E-state index in [1.165, 1.54) is 44.1 Å². The summed E-state index contributed by atoms with van der Waals surface area (Å²) in [5.74, 6) is 1.75. The zero-order chi connectivity index (χ0) is 33.7. The van der Waals surface area contributed by atoms with Crippen LogP contribution < -0.4 is 9.64 Å². The molecule has 0 unspecified atom stereocenters. The second-order valence-electron chi connectivity index (χ2n) is 12.9. The second-order valence-corrected chi connectivity index (χ2v) is 12.9. The summed E-state index contributed by atoms with van der Waals surface area (Å²) < 4.78 is 8.81. The van der Waals surface area contributed by atoms with Crippen LogP contribution in [-0.4, -0.2) is 4.57 Å². The Balaban J connectivity index is 1.06. The predicted octanol–water partition coefficient (Wildman–Crippen LogP) is 13.4. The third-order valence-corrected chi connectivity index (χ3v) is 10.0. The molecule has 2 heterocycles. The van der Waals surface area contributed by atoms with Gasteiger partial charge in [-0.05, 0) is 100 Å². The van der Waals surface area contributed by atoms with E-state index in [2.05, 4.69) is 191 Å². The summed E-state index contributed by atoms with van der Waals surface area (Å²) in [7, 11) is 0. The van der Waals surface area contributed by atoms with Crippen LogP contribution in [0.25, 0.3) is 60.9 Å². The van der Waals surface area contributed by atoms with Crippen LogP contribution in [0.3, 0.4) is 0 Å². The summed E-state index contributed by atoms with van der Waals surface area (Å²) in [5.41, 5.74) is 13.9. The van der Waals surface area contributed by atoms with Gasteiger partial charge in [0.05, 0.1) is 16.7 Å². The highest BCUT2D eigenvalue weighted by molar-refractivity contribution is 6.18. The minimum atomic E-state index is 0.874. The Bertz CT molecular complexity index is 2690. The first kappa shape index (κ1) is 29.1. The van der Waals surface area contributed by atoms with Crippen molar-refractivity contribution in [2.45, 2.75) is 0 Å². The first-order valence-electron chi connectivity index (χ1n) is 17.4. The van der Waals surface area contributed by atoms with E-state index in [0.29, 0.717) is 0 Å². The van der Waals surface area contributed by atoms with Crippen molar-refractivity contribution in [3.05, 3.63) is 194 Å². The molecule has 0 fully saturated rings. The van der Waals surface area contributed by atoms with E-state index in [-0.39, 0.29) is 0 Å². The van der Waals surface area contributed by atoms with Crippen molar-refractivity contribution in [2.24, 2.45) is 0 Å². The van der Waals surface area contributed by atoms with E-state index >= 15 is 0 Å². The molecular weight excluding hydrogens is 621 g/mol. The number of nitrogens with zero attached hydrogens (tertiary/aromatic N) is 2. The number of rotatable bonds is 6. The number of ether oxygens (including phenoxy) is 1. The van der Waals surface area contributed by atoms with Gasteiger partial charge in [-0.2, -0.15) is 0 Å². The highest BCUT2D eigenvalue weighted by atomic mass is 16.5. The van der Waals surface area contributed by atoms with Crippen LogP contribution in [-0.2, 0) is 0 Å². The summed E-state index contributed by atoms with van der Waals surface area (Å²) in [5, 5.41) is 2.42. The smallest absolute Gasteiger partial charge is 0.152 e. The van der Waals surface area contributed by atoms with Crippen LogP contribution in [0.1, 0.15) is 0 Å². The molecule has 1 aromatic heterocycles. The number of para-hydroxylation sites is 4. The molecule has 8 aromatic carbocycles. The third kappa shape index (κ3) is 4.82. The Hall–Kier alpha value is -6.84. The van der Waals surface area contributed by atoms with Crippen LogP contribution in [0.5, 0.6) is 11.5 Å². The normalized spacial score (nSPS) is 11.7. The van der Waals surface area contributed by atoms with E-state index in [1.807, 2.05) is 12.1 Å². The van der Waals surface area contributed by atoms with Gasteiger partial charge in [0.25, 0.3) is 0 Å². The summed E-state index contributed by atoms with van der Waals surface area (Å²) in [6, 6.07) is 69.0. The van der Waals surface area contributed by atoms with Gasteiger partial charge in [-0.25, -0.2) is 0 Å². The molecule has 3 heteroatoms. The molecule has 0 spiro atoms. The molecule has 3 nitrogen and oxygen atoms in total. The molecule has 51 heavy (non-hydrogen) atoms. The fourth-order valence-electron chi connectivity index (χ4n) is 7.70. The minimum absolute atomic E-state index is 0.874. The summed E-state index contributed by atoms with van der Waals surface area (Å²) in [6.07, 6.45) is 0. The van der Waals surface area contributed by atoms with Crippen molar-refractivity contribution in [2.75, 3.05) is 4.90 Å². The third-order valence-electron chi connectivity index (χ3n) is 10.0.